The van der Waals surface area contributed by atoms with Gasteiger partial charge in [-0.3, -0.25) is 0 Å². The summed E-state index contributed by atoms with van der Waals surface area (Å²) in [5, 5.41) is 0. The molecule has 0 radical (unpaired) electrons. The molecule has 0 aliphatic rings. The van der Waals surface area contributed by atoms with Gasteiger partial charge in [-0.05, 0) is 0 Å². The van der Waals surface area contributed by atoms with Crippen LogP contribution in [0.25, 0.3) is 0 Å². The van der Waals surface area contributed by atoms with E-state index in [4.69, 9.17) is 57.7 Å². The van der Waals surface area contributed by atoms with Gasteiger partial charge in [0.1, 0.15) is 0 Å². The third-order valence-electron chi connectivity index (χ3n) is 0. The minimum Gasteiger partial charge on any atom is -0.822 e. The summed E-state index contributed by atoms with van der Waals surface area (Å²) >= 11 is 0. The Bertz CT molecular complexity index is 215. The summed E-state index contributed by atoms with van der Waals surface area (Å²) in [4.78, 5) is 76.9. The SMILES string of the molecule is O.O=P([O-])([O-])[O-].O=P([O-])([O-])[O-].O=P([O-])([O-])[O-].[Al+3].[Zn+2].[Zn+2].[Zn+2]. The van der Waals surface area contributed by atoms with Crippen LogP contribution in [0.4, 0.5) is 0 Å². The van der Waals surface area contributed by atoms with Gasteiger partial charge in [0, 0.05) is 0 Å². The third-order valence-corrected chi connectivity index (χ3v) is 0. The number of hydrogen-bond acceptors (Lipinski definition) is 12. The molecule has 0 aliphatic heterocycles. The molecule has 0 saturated heterocycles. The van der Waals surface area contributed by atoms with Gasteiger partial charge in [-0.1, -0.05) is 0 Å². The monoisotopic (exact) mass is 522 g/mol. The predicted octanol–water partition coefficient (Wildman–Crippen LogP) is -9.69. The number of rotatable bonds is 0. The van der Waals surface area contributed by atoms with E-state index in [9.17, 15) is 0 Å². The van der Waals surface area contributed by atoms with Gasteiger partial charge in [0.05, 0.1) is 0 Å². The van der Waals surface area contributed by atoms with Crippen LogP contribution in [0.2, 0.25) is 0 Å². The van der Waals surface area contributed by atoms with Gasteiger partial charge >= 0.3 is 75.8 Å². The molecule has 0 aromatic carbocycles. The molecule has 0 atom stereocenters. The summed E-state index contributed by atoms with van der Waals surface area (Å²) in [5.74, 6) is 0. The zero-order chi connectivity index (χ0) is 13.5. The molecule has 20 heteroatoms. The third kappa shape index (κ3) is 1110. The van der Waals surface area contributed by atoms with E-state index in [-0.39, 0.29) is 81.3 Å². The molecular formula is H2AlO13P3Zn3. The summed E-state index contributed by atoms with van der Waals surface area (Å²) in [6.07, 6.45) is 0. The second-order valence-electron chi connectivity index (χ2n) is 1.34. The van der Waals surface area contributed by atoms with Gasteiger partial charge in [-0.2, -0.15) is 23.5 Å². The molecule has 0 bridgehead atoms. The first-order chi connectivity index (χ1) is 6.00. The molecular weight excluding hydrogens is 524 g/mol. The van der Waals surface area contributed by atoms with E-state index >= 15 is 0 Å². The van der Waals surface area contributed by atoms with Crippen LogP contribution in [0.3, 0.4) is 0 Å². The summed E-state index contributed by atoms with van der Waals surface area (Å²) in [6, 6.07) is 0. The normalized spacial score (nSPS) is 8.85. The van der Waals surface area contributed by atoms with Crippen molar-refractivity contribution in [2.75, 3.05) is 0 Å². The van der Waals surface area contributed by atoms with Crippen LogP contribution in [0.1, 0.15) is 0 Å². The van der Waals surface area contributed by atoms with Crippen molar-refractivity contribution < 1.29 is 122 Å². The van der Waals surface area contributed by atoms with Crippen LogP contribution in [0, 0.1) is 0 Å². The summed E-state index contributed by atoms with van der Waals surface area (Å²) in [6.45, 7) is 0. The Kier molecular flexibility index (Phi) is 53.7. The Labute approximate surface area is 161 Å². The van der Waals surface area contributed by atoms with Crippen molar-refractivity contribution in [1.29, 1.82) is 0 Å². The molecule has 0 unspecified atom stereocenters. The van der Waals surface area contributed by atoms with Crippen LogP contribution in [-0.2, 0) is 72.1 Å². The summed E-state index contributed by atoms with van der Waals surface area (Å²) < 4.78 is 25.6. The van der Waals surface area contributed by atoms with Gasteiger partial charge in [-0.15, -0.1) is 0 Å². The largest absolute Gasteiger partial charge is 3.00 e. The van der Waals surface area contributed by atoms with E-state index < -0.39 is 23.5 Å². The van der Waals surface area contributed by atoms with Crippen molar-refractivity contribution in [3.63, 3.8) is 0 Å². The van der Waals surface area contributed by atoms with Crippen molar-refractivity contribution in [3.8, 4) is 0 Å². The number of phosphoric acid groups is 3. The second-order valence-corrected chi connectivity index (χ2v) is 4.02. The van der Waals surface area contributed by atoms with E-state index in [0.717, 1.165) is 0 Å². The van der Waals surface area contributed by atoms with Crippen molar-refractivity contribution in [2.24, 2.45) is 0 Å². The minimum atomic E-state index is -5.39. The maximum atomic E-state index is 8.55. The first-order valence-corrected chi connectivity index (χ1v) is 6.57. The number of hydrogen-bond donors (Lipinski definition) is 0. The van der Waals surface area contributed by atoms with Crippen molar-refractivity contribution in [3.05, 3.63) is 0 Å². The zero-order valence-electron chi connectivity index (χ0n) is 9.44. The van der Waals surface area contributed by atoms with E-state index in [1.165, 1.54) is 0 Å². The molecule has 13 nitrogen and oxygen atoms in total. The zero-order valence-corrected chi connectivity index (χ0v) is 22.2. The van der Waals surface area contributed by atoms with Gasteiger partial charge in [0.2, 0.25) is 0 Å². The summed E-state index contributed by atoms with van der Waals surface area (Å²) in [5.41, 5.74) is 0. The maximum Gasteiger partial charge on any atom is 3.00 e. The van der Waals surface area contributed by atoms with E-state index in [1.54, 1.807) is 0 Å². The smallest absolute Gasteiger partial charge is 0.822 e. The van der Waals surface area contributed by atoms with E-state index in [0.29, 0.717) is 0 Å². The van der Waals surface area contributed by atoms with Crippen LogP contribution in [-0.4, -0.2) is 22.8 Å². The fourth-order valence-electron chi connectivity index (χ4n) is 0. The predicted molar refractivity (Wildman–Crippen MR) is 32.2 cm³/mol. The van der Waals surface area contributed by atoms with Crippen LogP contribution >= 0.6 is 23.5 Å². The Morgan fingerprint density at radius 3 is 0.450 bits per heavy atom. The molecule has 0 aromatic heterocycles. The van der Waals surface area contributed by atoms with Crippen LogP contribution in [0.5, 0.6) is 0 Å². The fraction of sp³-hybridized carbons (Fsp3) is 0. The Morgan fingerprint density at radius 1 is 0.450 bits per heavy atom. The standard InChI is InChI=1S/Al.3H3O4P.H2O.3Zn/c;3*1-5(2,3)4;;;;/h;3*(H3,1,2,3,4);1H2;;;/q+3;;;;;3*+2/p-9. The van der Waals surface area contributed by atoms with Crippen molar-refractivity contribution >= 4 is 40.8 Å². The molecule has 104 valence electrons. The Hall–Kier alpha value is 2.69. The van der Waals surface area contributed by atoms with Crippen molar-refractivity contribution in [2.45, 2.75) is 0 Å². The molecule has 0 aliphatic carbocycles. The molecule has 0 heterocycles. The molecule has 0 fully saturated rings. The first kappa shape index (κ1) is 49.5. The molecule has 0 saturated carbocycles. The topological polar surface area (TPSA) is 290 Å². The molecule has 0 aromatic rings. The van der Waals surface area contributed by atoms with Crippen molar-refractivity contribution in [1.82, 2.24) is 0 Å². The Morgan fingerprint density at radius 2 is 0.450 bits per heavy atom. The molecule has 20 heavy (non-hydrogen) atoms. The average Bonchev–Trinajstić information content (AvgIpc) is 1.41. The van der Waals surface area contributed by atoms with Gasteiger partial charge in [0.25, 0.3) is 0 Å². The second kappa shape index (κ2) is 21.7. The van der Waals surface area contributed by atoms with Gasteiger partial charge < -0.3 is 63.2 Å². The van der Waals surface area contributed by atoms with E-state index in [1.807, 2.05) is 0 Å². The van der Waals surface area contributed by atoms with E-state index in [2.05, 4.69) is 0 Å². The Balaban J connectivity index is -0.0000000160. The quantitative estimate of drug-likeness (QED) is 0.210. The van der Waals surface area contributed by atoms with Crippen LogP contribution < -0.4 is 44.0 Å². The molecule has 2 N–H and O–H groups in total. The molecule has 0 spiro atoms. The summed E-state index contributed by atoms with van der Waals surface area (Å²) in [7, 11) is -16.2. The minimum absolute atomic E-state index is 0. The maximum absolute atomic E-state index is 8.55. The molecule has 0 rings (SSSR count). The molecule has 0 amide bonds. The first-order valence-electron chi connectivity index (χ1n) is 2.19. The van der Waals surface area contributed by atoms with Gasteiger partial charge in [-0.25, -0.2) is 0 Å². The van der Waals surface area contributed by atoms with Gasteiger partial charge in [0.15, 0.2) is 0 Å². The fourth-order valence-corrected chi connectivity index (χ4v) is 0. The average molecular weight is 526 g/mol. The van der Waals surface area contributed by atoms with Crippen LogP contribution in [0.15, 0.2) is 0 Å².